The lowest BCUT2D eigenvalue weighted by molar-refractivity contribution is 0.253. The van der Waals surface area contributed by atoms with Gasteiger partial charge in [0.15, 0.2) is 0 Å². The fourth-order valence-corrected chi connectivity index (χ4v) is 5.17. The summed E-state index contributed by atoms with van der Waals surface area (Å²) in [5.74, 6) is 2.83. The van der Waals surface area contributed by atoms with Gasteiger partial charge in [0.05, 0.1) is 4.34 Å². The van der Waals surface area contributed by atoms with Gasteiger partial charge in [0, 0.05) is 10.9 Å². The molecule has 2 aliphatic rings. The molecule has 3 heteroatoms. The first kappa shape index (κ1) is 13.0. The number of nitrogens with one attached hydrogen (secondary N) is 1. The summed E-state index contributed by atoms with van der Waals surface area (Å²) in [6.07, 6.45) is 7.05. The number of hydrogen-bond donors (Lipinski definition) is 1. The number of rotatable bonds is 5. The van der Waals surface area contributed by atoms with Gasteiger partial charge in [0.2, 0.25) is 0 Å². The maximum Gasteiger partial charge on any atom is 0.0931 e. The third kappa shape index (κ3) is 2.48. The van der Waals surface area contributed by atoms with Crippen LogP contribution in [0.25, 0.3) is 0 Å². The highest BCUT2D eigenvalue weighted by atomic mass is 35.5. The highest BCUT2D eigenvalue weighted by Gasteiger charge is 2.43. The minimum absolute atomic E-state index is 0.553. The van der Waals surface area contributed by atoms with E-state index in [0.717, 1.165) is 28.6 Å². The Morgan fingerprint density at radius 1 is 1.39 bits per heavy atom. The highest BCUT2D eigenvalue weighted by Crippen LogP contribution is 2.53. The van der Waals surface area contributed by atoms with E-state index in [1.165, 1.54) is 37.0 Å². The first-order valence-corrected chi connectivity index (χ1v) is 8.46. The van der Waals surface area contributed by atoms with Crippen LogP contribution in [0.2, 0.25) is 4.34 Å². The lowest BCUT2D eigenvalue weighted by atomic mass is 9.82. The van der Waals surface area contributed by atoms with Gasteiger partial charge in [-0.25, -0.2) is 0 Å². The Morgan fingerprint density at radius 3 is 2.83 bits per heavy atom. The fourth-order valence-electron chi connectivity index (χ4n) is 3.96. The van der Waals surface area contributed by atoms with E-state index in [-0.39, 0.29) is 0 Å². The molecule has 18 heavy (non-hydrogen) atoms. The van der Waals surface area contributed by atoms with Crippen molar-refractivity contribution >= 4 is 22.9 Å². The van der Waals surface area contributed by atoms with E-state index in [1.54, 1.807) is 11.3 Å². The summed E-state index contributed by atoms with van der Waals surface area (Å²) in [4.78, 5) is 1.45. The van der Waals surface area contributed by atoms with E-state index < -0.39 is 0 Å². The molecule has 4 atom stereocenters. The van der Waals surface area contributed by atoms with Crippen LogP contribution in [0.1, 0.15) is 49.9 Å². The predicted molar refractivity (Wildman–Crippen MR) is 79.3 cm³/mol. The third-order valence-corrected chi connectivity index (χ3v) is 6.05. The Bertz CT molecular complexity index is 403. The minimum atomic E-state index is 0.553. The largest absolute Gasteiger partial charge is 0.309 e. The fraction of sp³-hybridized carbons (Fsp3) is 0.733. The zero-order valence-corrected chi connectivity index (χ0v) is 12.6. The van der Waals surface area contributed by atoms with Crippen molar-refractivity contribution in [1.29, 1.82) is 0 Å². The molecule has 0 aromatic carbocycles. The normalized spacial score (nSPS) is 32.0. The molecule has 2 saturated carbocycles. The van der Waals surface area contributed by atoms with Gasteiger partial charge in [-0.3, -0.25) is 0 Å². The Hall–Kier alpha value is -0.0500. The van der Waals surface area contributed by atoms with E-state index in [4.69, 9.17) is 11.6 Å². The maximum atomic E-state index is 6.11. The van der Waals surface area contributed by atoms with Crippen molar-refractivity contribution < 1.29 is 0 Å². The van der Waals surface area contributed by atoms with Gasteiger partial charge in [-0.2, -0.15) is 0 Å². The molecule has 0 saturated heterocycles. The molecular weight excluding hydrogens is 262 g/mol. The molecule has 2 aliphatic carbocycles. The summed E-state index contributed by atoms with van der Waals surface area (Å²) >= 11 is 7.88. The second-order valence-corrected chi connectivity index (χ2v) is 7.66. The molecule has 1 nitrogen and oxygen atoms in total. The van der Waals surface area contributed by atoms with Crippen LogP contribution in [0.15, 0.2) is 12.1 Å². The molecule has 0 aliphatic heterocycles. The lowest BCUT2D eigenvalue weighted by Gasteiger charge is -2.30. The Labute approximate surface area is 119 Å². The molecule has 1 aromatic heterocycles. The minimum Gasteiger partial charge on any atom is -0.309 e. The van der Waals surface area contributed by atoms with Gasteiger partial charge in [0.25, 0.3) is 0 Å². The predicted octanol–water partition coefficient (Wildman–Crippen LogP) is 4.88. The molecule has 1 heterocycles. The third-order valence-electron chi connectivity index (χ3n) is 4.74. The van der Waals surface area contributed by atoms with Gasteiger partial charge in [-0.05, 0) is 62.1 Å². The van der Waals surface area contributed by atoms with Crippen molar-refractivity contribution in [3.05, 3.63) is 21.3 Å². The molecule has 0 amide bonds. The number of thiophene rings is 1. The van der Waals surface area contributed by atoms with Crippen molar-refractivity contribution in [1.82, 2.24) is 5.32 Å². The van der Waals surface area contributed by atoms with Crippen LogP contribution in [0.3, 0.4) is 0 Å². The lowest BCUT2D eigenvalue weighted by Crippen LogP contribution is -2.31. The summed E-state index contributed by atoms with van der Waals surface area (Å²) in [7, 11) is 0. The molecule has 100 valence electrons. The van der Waals surface area contributed by atoms with E-state index >= 15 is 0 Å². The molecular formula is C15H22ClNS. The van der Waals surface area contributed by atoms with Crippen molar-refractivity contribution in [2.45, 2.75) is 45.1 Å². The van der Waals surface area contributed by atoms with Crippen LogP contribution in [-0.2, 0) is 0 Å². The van der Waals surface area contributed by atoms with Crippen LogP contribution in [-0.4, -0.2) is 6.54 Å². The summed E-state index contributed by atoms with van der Waals surface area (Å²) in [5, 5.41) is 3.78. The molecule has 0 radical (unpaired) electrons. The van der Waals surface area contributed by atoms with Crippen molar-refractivity contribution in [3.63, 3.8) is 0 Å². The quantitative estimate of drug-likeness (QED) is 0.812. The van der Waals surface area contributed by atoms with Crippen LogP contribution in [0.5, 0.6) is 0 Å². The van der Waals surface area contributed by atoms with Crippen molar-refractivity contribution in [2.24, 2.45) is 17.8 Å². The zero-order valence-electron chi connectivity index (χ0n) is 11.0. The smallest absolute Gasteiger partial charge is 0.0931 e. The van der Waals surface area contributed by atoms with Crippen LogP contribution < -0.4 is 5.32 Å². The van der Waals surface area contributed by atoms with Crippen LogP contribution >= 0.6 is 22.9 Å². The average Bonchev–Trinajstić information content (AvgIpc) is 3.06. The van der Waals surface area contributed by atoms with Crippen LogP contribution in [0.4, 0.5) is 0 Å². The molecule has 4 unspecified atom stereocenters. The maximum absolute atomic E-state index is 6.11. The zero-order chi connectivity index (χ0) is 12.5. The van der Waals surface area contributed by atoms with Gasteiger partial charge < -0.3 is 5.32 Å². The first-order valence-electron chi connectivity index (χ1n) is 7.26. The summed E-state index contributed by atoms with van der Waals surface area (Å²) < 4.78 is 0.927. The van der Waals surface area contributed by atoms with Crippen LogP contribution in [0, 0.1) is 17.8 Å². The number of halogens is 1. The van der Waals surface area contributed by atoms with Gasteiger partial charge in [-0.1, -0.05) is 24.9 Å². The molecule has 2 bridgehead atoms. The molecule has 1 aromatic rings. The molecule has 3 rings (SSSR count). The summed E-state index contributed by atoms with van der Waals surface area (Å²) in [5.41, 5.74) is 0. The van der Waals surface area contributed by atoms with E-state index in [2.05, 4.69) is 24.4 Å². The van der Waals surface area contributed by atoms with E-state index in [9.17, 15) is 0 Å². The highest BCUT2D eigenvalue weighted by molar-refractivity contribution is 7.16. The van der Waals surface area contributed by atoms with Gasteiger partial charge >= 0.3 is 0 Å². The Kier molecular flexibility index (Phi) is 3.97. The monoisotopic (exact) mass is 283 g/mol. The Balaban J connectivity index is 1.77. The van der Waals surface area contributed by atoms with E-state index in [1.807, 2.05) is 0 Å². The van der Waals surface area contributed by atoms with Gasteiger partial charge in [-0.15, -0.1) is 11.3 Å². The SMILES string of the molecule is CCCNC(c1ccc(Cl)s1)C1CC2CCC1C2. The van der Waals surface area contributed by atoms with Crippen molar-refractivity contribution in [2.75, 3.05) is 6.54 Å². The molecule has 2 fully saturated rings. The van der Waals surface area contributed by atoms with E-state index in [0.29, 0.717) is 6.04 Å². The van der Waals surface area contributed by atoms with Crippen molar-refractivity contribution in [3.8, 4) is 0 Å². The first-order chi connectivity index (χ1) is 8.78. The molecule has 1 N–H and O–H groups in total. The topological polar surface area (TPSA) is 12.0 Å². The number of hydrogen-bond acceptors (Lipinski definition) is 2. The second-order valence-electron chi connectivity index (χ2n) is 5.91. The second kappa shape index (κ2) is 5.52. The summed E-state index contributed by atoms with van der Waals surface area (Å²) in [6, 6.07) is 4.83. The molecule has 0 spiro atoms. The average molecular weight is 284 g/mol. The summed E-state index contributed by atoms with van der Waals surface area (Å²) in [6.45, 7) is 3.36. The standard InChI is InChI=1S/C15H22ClNS/c1-2-7-17-15(13-5-6-14(16)18-13)12-9-10-3-4-11(12)8-10/h5-6,10-12,15,17H,2-4,7-9H2,1H3. The number of fused-ring (bicyclic) bond motifs is 2. The Morgan fingerprint density at radius 2 is 2.28 bits per heavy atom. The van der Waals surface area contributed by atoms with Gasteiger partial charge in [0.1, 0.15) is 0 Å².